The maximum Gasteiger partial charge on any atom is 0.0688 e. The molecule has 0 heterocycles. The van der Waals surface area contributed by atoms with E-state index in [1.807, 2.05) is 12.1 Å². The highest BCUT2D eigenvalue weighted by atomic mass is 35.5. The van der Waals surface area contributed by atoms with Crippen LogP contribution in [0.15, 0.2) is 60.7 Å². The highest BCUT2D eigenvalue weighted by molar-refractivity contribution is 5.85. The summed E-state index contributed by atoms with van der Waals surface area (Å²) in [5.41, 5.74) is 2.60. The summed E-state index contributed by atoms with van der Waals surface area (Å²) in [4.78, 5) is 4.72. The van der Waals surface area contributed by atoms with Crippen LogP contribution in [-0.2, 0) is 4.84 Å². The molecule has 0 amide bonds. The van der Waals surface area contributed by atoms with Gasteiger partial charge in [-0.05, 0) is 17.5 Å². The third-order valence-electron chi connectivity index (χ3n) is 2.93. The van der Waals surface area contributed by atoms with Gasteiger partial charge in [0.2, 0.25) is 0 Å². The number of benzene rings is 2. The molecule has 2 N–H and O–H groups in total. The Labute approximate surface area is 114 Å². The lowest BCUT2D eigenvalue weighted by molar-refractivity contribution is 0.132. The first-order chi connectivity index (χ1) is 8.42. The Bertz CT molecular complexity index is 393. The molecule has 0 bridgehead atoms. The van der Waals surface area contributed by atoms with E-state index in [1.54, 1.807) is 0 Å². The van der Waals surface area contributed by atoms with E-state index in [0.717, 1.165) is 6.42 Å². The zero-order valence-electron chi connectivity index (χ0n) is 10.2. The summed E-state index contributed by atoms with van der Waals surface area (Å²) in [6.45, 7) is 0.564. The van der Waals surface area contributed by atoms with Crippen LogP contribution in [0.2, 0.25) is 0 Å². The van der Waals surface area contributed by atoms with Crippen molar-refractivity contribution in [1.29, 1.82) is 0 Å². The van der Waals surface area contributed by atoms with Gasteiger partial charge in [-0.25, -0.2) is 5.90 Å². The summed E-state index contributed by atoms with van der Waals surface area (Å²) in [7, 11) is 0. The predicted octanol–water partition coefficient (Wildman–Crippen LogP) is 3.52. The lowest BCUT2D eigenvalue weighted by Crippen LogP contribution is -2.08. The van der Waals surface area contributed by atoms with Crippen molar-refractivity contribution in [3.8, 4) is 0 Å². The Morgan fingerprint density at radius 1 is 0.833 bits per heavy atom. The van der Waals surface area contributed by atoms with Crippen LogP contribution in [0.25, 0.3) is 0 Å². The van der Waals surface area contributed by atoms with Gasteiger partial charge in [-0.15, -0.1) is 12.4 Å². The Hall–Kier alpha value is -1.35. The smallest absolute Gasteiger partial charge is 0.0688 e. The lowest BCUT2D eigenvalue weighted by Gasteiger charge is -2.17. The van der Waals surface area contributed by atoms with Gasteiger partial charge in [0.1, 0.15) is 0 Å². The topological polar surface area (TPSA) is 35.2 Å². The minimum atomic E-state index is 0. The summed E-state index contributed by atoms with van der Waals surface area (Å²) >= 11 is 0. The van der Waals surface area contributed by atoms with Gasteiger partial charge in [-0.2, -0.15) is 0 Å². The van der Waals surface area contributed by atoms with Crippen LogP contribution in [0.4, 0.5) is 0 Å². The van der Waals surface area contributed by atoms with Gasteiger partial charge in [0.25, 0.3) is 0 Å². The molecule has 2 aromatic rings. The zero-order chi connectivity index (χ0) is 11.9. The molecule has 2 aromatic carbocycles. The predicted molar refractivity (Wildman–Crippen MR) is 76.7 cm³/mol. The molecule has 0 aliphatic rings. The molecule has 0 saturated heterocycles. The van der Waals surface area contributed by atoms with Crippen LogP contribution in [-0.4, -0.2) is 6.61 Å². The molecular formula is C15H18ClNO. The Morgan fingerprint density at radius 2 is 1.28 bits per heavy atom. The number of hydrogen-bond donors (Lipinski definition) is 1. The second-order valence-electron chi connectivity index (χ2n) is 4.03. The van der Waals surface area contributed by atoms with Crippen molar-refractivity contribution < 1.29 is 4.84 Å². The molecule has 0 unspecified atom stereocenters. The van der Waals surface area contributed by atoms with Gasteiger partial charge >= 0.3 is 0 Å². The largest absolute Gasteiger partial charge is 0.305 e. The average Bonchev–Trinajstić information content (AvgIpc) is 2.42. The van der Waals surface area contributed by atoms with Crippen LogP contribution in [0.5, 0.6) is 0 Å². The second kappa shape index (κ2) is 7.88. The quantitative estimate of drug-likeness (QED) is 0.838. The van der Waals surface area contributed by atoms with Gasteiger partial charge in [0, 0.05) is 5.92 Å². The molecule has 0 radical (unpaired) electrons. The van der Waals surface area contributed by atoms with Crippen LogP contribution < -0.4 is 5.90 Å². The highest BCUT2D eigenvalue weighted by Crippen LogP contribution is 2.27. The van der Waals surface area contributed by atoms with E-state index in [9.17, 15) is 0 Å². The Morgan fingerprint density at radius 3 is 1.67 bits per heavy atom. The number of nitrogens with two attached hydrogens (primary N) is 1. The van der Waals surface area contributed by atoms with E-state index in [2.05, 4.69) is 48.5 Å². The van der Waals surface area contributed by atoms with Crippen LogP contribution in [0.1, 0.15) is 23.5 Å². The molecular weight excluding hydrogens is 246 g/mol. The summed E-state index contributed by atoms with van der Waals surface area (Å²) in [5.74, 6) is 5.48. The molecule has 0 aliphatic heterocycles. The van der Waals surface area contributed by atoms with Gasteiger partial charge in [-0.1, -0.05) is 60.7 Å². The average molecular weight is 264 g/mol. The van der Waals surface area contributed by atoms with Crippen LogP contribution in [0.3, 0.4) is 0 Å². The zero-order valence-corrected chi connectivity index (χ0v) is 11.0. The van der Waals surface area contributed by atoms with Crippen molar-refractivity contribution in [2.45, 2.75) is 12.3 Å². The van der Waals surface area contributed by atoms with E-state index >= 15 is 0 Å². The molecule has 3 heteroatoms. The first-order valence-electron chi connectivity index (χ1n) is 5.83. The van der Waals surface area contributed by atoms with Crippen molar-refractivity contribution in [2.75, 3.05) is 6.61 Å². The molecule has 0 aliphatic carbocycles. The second-order valence-corrected chi connectivity index (χ2v) is 4.03. The molecule has 0 fully saturated rings. The van der Waals surface area contributed by atoms with Crippen molar-refractivity contribution in [1.82, 2.24) is 0 Å². The van der Waals surface area contributed by atoms with Crippen molar-refractivity contribution in [2.24, 2.45) is 5.90 Å². The molecule has 2 nitrogen and oxygen atoms in total. The fourth-order valence-corrected chi connectivity index (χ4v) is 2.08. The van der Waals surface area contributed by atoms with E-state index < -0.39 is 0 Å². The Kier molecular flexibility index (Phi) is 6.44. The molecule has 18 heavy (non-hydrogen) atoms. The van der Waals surface area contributed by atoms with E-state index in [0.29, 0.717) is 12.5 Å². The normalized spacial score (nSPS) is 10.1. The fourth-order valence-electron chi connectivity index (χ4n) is 2.08. The maximum atomic E-state index is 5.13. The summed E-state index contributed by atoms with van der Waals surface area (Å²) in [6, 6.07) is 20.9. The van der Waals surface area contributed by atoms with Crippen molar-refractivity contribution >= 4 is 12.4 Å². The minimum Gasteiger partial charge on any atom is -0.305 e. The van der Waals surface area contributed by atoms with Crippen LogP contribution >= 0.6 is 12.4 Å². The standard InChI is InChI=1S/C15H17NO.ClH/c16-17-12-11-15(13-7-3-1-4-8-13)14-9-5-2-6-10-14;/h1-10,15H,11-12,16H2;1H. The Balaban J connectivity index is 0.00000162. The molecule has 0 aromatic heterocycles. The molecule has 0 spiro atoms. The molecule has 0 saturated carbocycles. The first-order valence-corrected chi connectivity index (χ1v) is 5.83. The van der Waals surface area contributed by atoms with Gasteiger partial charge in [0.15, 0.2) is 0 Å². The van der Waals surface area contributed by atoms with E-state index in [-0.39, 0.29) is 12.4 Å². The van der Waals surface area contributed by atoms with E-state index in [4.69, 9.17) is 10.7 Å². The molecule has 2 rings (SSSR count). The first kappa shape index (κ1) is 14.7. The summed E-state index contributed by atoms with van der Waals surface area (Å²) in [6.07, 6.45) is 0.893. The monoisotopic (exact) mass is 263 g/mol. The fraction of sp³-hybridized carbons (Fsp3) is 0.200. The van der Waals surface area contributed by atoms with Gasteiger partial charge < -0.3 is 4.84 Å². The van der Waals surface area contributed by atoms with Crippen molar-refractivity contribution in [3.05, 3.63) is 71.8 Å². The summed E-state index contributed by atoms with van der Waals surface area (Å²) in [5, 5.41) is 0. The van der Waals surface area contributed by atoms with Gasteiger partial charge in [-0.3, -0.25) is 0 Å². The number of hydrogen-bond acceptors (Lipinski definition) is 2. The summed E-state index contributed by atoms with van der Waals surface area (Å²) < 4.78 is 0. The molecule has 0 atom stereocenters. The maximum absolute atomic E-state index is 5.13. The number of halogens is 1. The van der Waals surface area contributed by atoms with Crippen LogP contribution in [0, 0.1) is 0 Å². The number of rotatable bonds is 5. The van der Waals surface area contributed by atoms with E-state index in [1.165, 1.54) is 11.1 Å². The highest BCUT2D eigenvalue weighted by Gasteiger charge is 2.13. The van der Waals surface area contributed by atoms with Gasteiger partial charge in [0.05, 0.1) is 6.61 Å². The minimum absolute atomic E-state index is 0. The lowest BCUT2D eigenvalue weighted by atomic mass is 9.89. The SMILES string of the molecule is Cl.NOCCC(c1ccccc1)c1ccccc1. The third-order valence-corrected chi connectivity index (χ3v) is 2.93. The van der Waals surface area contributed by atoms with Crippen molar-refractivity contribution in [3.63, 3.8) is 0 Å². The third kappa shape index (κ3) is 3.84. The molecule has 96 valence electrons.